The first-order valence-electron chi connectivity index (χ1n) is 7.83. The molecule has 0 amide bonds. The van der Waals surface area contributed by atoms with Crippen molar-refractivity contribution in [1.82, 2.24) is 4.90 Å². The predicted octanol–water partition coefficient (Wildman–Crippen LogP) is 3.19. The van der Waals surface area contributed by atoms with Gasteiger partial charge in [-0.2, -0.15) is 0 Å². The summed E-state index contributed by atoms with van der Waals surface area (Å²) in [6.07, 6.45) is 0. The highest BCUT2D eigenvalue weighted by atomic mass is 16.5. The summed E-state index contributed by atoms with van der Waals surface area (Å²) in [5.41, 5.74) is 10.0. The highest BCUT2D eigenvalue weighted by Gasteiger charge is 2.38. The number of nitrogens with two attached hydrogens (primary N) is 1. The van der Waals surface area contributed by atoms with Crippen molar-refractivity contribution in [3.8, 4) is 0 Å². The number of aryl methyl sites for hydroxylation is 2. The van der Waals surface area contributed by atoms with Gasteiger partial charge in [0.25, 0.3) is 0 Å². The van der Waals surface area contributed by atoms with Gasteiger partial charge in [-0.15, -0.1) is 0 Å². The smallest absolute Gasteiger partial charge is 0.0760 e. The van der Waals surface area contributed by atoms with E-state index in [0.29, 0.717) is 0 Å². The lowest BCUT2D eigenvalue weighted by molar-refractivity contribution is -0.181. The van der Waals surface area contributed by atoms with E-state index in [2.05, 4.69) is 64.6 Å². The Kier molecular flexibility index (Phi) is 4.48. The van der Waals surface area contributed by atoms with Gasteiger partial charge in [0.05, 0.1) is 11.2 Å². The maximum absolute atomic E-state index is 6.46. The minimum absolute atomic E-state index is 0.0494. The minimum atomic E-state index is -0.121. The van der Waals surface area contributed by atoms with Crippen molar-refractivity contribution in [2.45, 2.75) is 58.8 Å². The molecule has 1 aromatic rings. The van der Waals surface area contributed by atoms with Crippen LogP contribution in [0.15, 0.2) is 18.2 Å². The Morgan fingerprint density at radius 2 is 1.52 bits per heavy atom. The van der Waals surface area contributed by atoms with Gasteiger partial charge in [0.1, 0.15) is 0 Å². The summed E-state index contributed by atoms with van der Waals surface area (Å²) in [4.78, 5) is 2.44. The predicted molar refractivity (Wildman–Crippen MR) is 88.5 cm³/mol. The van der Waals surface area contributed by atoms with E-state index in [1.807, 2.05) is 0 Å². The van der Waals surface area contributed by atoms with Gasteiger partial charge >= 0.3 is 0 Å². The minimum Gasteiger partial charge on any atom is -0.367 e. The molecule has 1 aliphatic heterocycles. The summed E-state index contributed by atoms with van der Waals surface area (Å²) < 4.78 is 6.13. The van der Waals surface area contributed by atoms with Crippen LogP contribution in [0.25, 0.3) is 0 Å². The molecule has 0 spiro atoms. The molecule has 2 rings (SSSR count). The fraction of sp³-hybridized carbons (Fsp3) is 0.667. The van der Waals surface area contributed by atoms with Crippen molar-refractivity contribution < 1.29 is 4.74 Å². The van der Waals surface area contributed by atoms with Gasteiger partial charge in [-0.3, -0.25) is 4.90 Å². The van der Waals surface area contributed by atoms with Crippen molar-refractivity contribution in [3.63, 3.8) is 0 Å². The van der Waals surface area contributed by atoms with Crippen LogP contribution in [0, 0.1) is 13.8 Å². The summed E-state index contributed by atoms with van der Waals surface area (Å²) >= 11 is 0. The molecule has 1 aromatic carbocycles. The molecule has 118 valence electrons. The third-order valence-electron chi connectivity index (χ3n) is 3.89. The summed E-state index contributed by atoms with van der Waals surface area (Å²) in [5, 5.41) is 0. The van der Waals surface area contributed by atoms with Crippen LogP contribution in [0.5, 0.6) is 0 Å². The third-order valence-corrected chi connectivity index (χ3v) is 3.89. The monoisotopic (exact) mass is 290 g/mol. The van der Waals surface area contributed by atoms with Crippen molar-refractivity contribution in [2.75, 3.05) is 19.6 Å². The Morgan fingerprint density at radius 1 is 1.05 bits per heavy atom. The number of nitrogens with zero attached hydrogens (tertiary/aromatic N) is 1. The molecule has 0 saturated carbocycles. The SMILES string of the molecule is Cc1cc(C)cc(C(N)CN2CC(C)(C)OC(C)(C)C2)c1. The van der Waals surface area contributed by atoms with Crippen molar-refractivity contribution in [1.29, 1.82) is 0 Å². The second-order valence-electron chi connectivity index (χ2n) is 7.82. The number of hydrogen-bond acceptors (Lipinski definition) is 3. The van der Waals surface area contributed by atoms with Gasteiger partial charge in [0, 0.05) is 25.7 Å². The largest absolute Gasteiger partial charge is 0.367 e. The molecule has 0 bridgehead atoms. The first-order valence-corrected chi connectivity index (χ1v) is 7.83. The van der Waals surface area contributed by atoms with Crippen molar-refractivity contribution >= 4 is 0 Å². The molecule has 1 aliphatic rings. The average Bonchev–Trinajstić information content (AvgIpc) is 2.22. The van der Waals surface area contributed by atoms with Gasteiger partial charge < -0.3 is 10.5 Å². The van der Waals surface area contributed by atoms with Crippen molar-refractivity contribution in [3.05, 3.63) is 34.9 Å². The number of rotatable bonds is 3. The van der Waals surface area contributed by atoms with Crippen LogP contribution in [0.3, 0.4) is 0 Å². The second kappa shape index (κ2) is 5.71. The van der Waals surface area contributed by atoms with E-state index in [4.69, 9.17) is 10.5 Å². The van der Waals surface area contributed by atoms with E-state index in [-0.39, 0.29) is 17.2 Å². The maximum atomic E-state index is 6.46. The standard InChI is InChI=1S/C18H30N2O/c1-13-7-14(2)9-15(8-13)16(19)10-20-11-17(3,4)21-18(5,6)12-20/h7-9,16H,10-12,19H2,1-6H3. The molecule has 1 saturated heterocycles. The lowest BCUT2D eigenvalue weighted by Crippen LogP contribution is -2.58. The molecule has 2 N–H and O–H groups in total. The molecule has 1 fully saturated rings. The Bertz CT molecular complexity index is 472. The number of hydrogen-bond donors (Lipinski definition) is 1. The molecule has 1 atom stereocenters. The molecule has 3 nitrogen and oxygen atoms in total. The lowest BCUT2D eigenvalue weighted by atomic mass is 9.96. The van der Waals surface area contributed by atoms with E-state index in [0.717, 1.165) is 19.6 Å². The van der Waals surface area contributed by atoms with E-state index < -0.39 is 0 Å². The normalized spacial score (nSPS) is 23.0. The van der Waals surface area contributed by atoms with E-state index in [1.165, 1.54) is 16.7 Å². The zero-order valence-corrected chi connectivity index (χ0v) is 14.4. The molecule has 0 aromatic heterocycles. The van der Waals surface area contributed by atoms with Crippen LogP contribution in [-0.2, 0) is 4.74 Å². The van der Waals surface area contributed by atoms with Gasteiger partial charge in [-0.1, -0.05) is 29.3 Å². The third kappa shape index (κ3) is 4.53. The van der Waals surface area contributed by atoms with Crippen LogP contribution in [0.2, 0.25) is 0 Å². The van der Waals surface area contributed by atoms with Gasteiger partial charge in [-0.05, 0) is 47.1 Å². The lowest BCUT2D eigenvalue weighted by Gasteiger charge is -2.47. The van der Waals surface area contributed by atoms with Gasteiger partial charge in [0.2, 0.25) is 0 Å². The fourth-order valence-corrected chi connectivity index (χ4v) is 3.68. The second-order valence-corrected chi connectivity index (χ2v) is 7.82. The molecule has 1 heterocycles. The van der Waals surface area contributed by atoms with Gasteiger partial charge in [-0.25, -0.2) is 0 Å². The topological polar surface area (TPSA) is 38.5 Å². The summed E-state index contributed by atoms with van der Waals surface area (Å²) in [7, 11) is 0. The number of morpholine rings is 1. The van der Waals surface area contributed by atoms with E-state index in [1.54, 1.807) is 0 Å². The molecule has 1 unspecified atom stereocenters. The van der Waals surface area contributed by atoms with E-state index in [9.17, 15) is 0 Å². The molecule has 3 heteroatoms. The van der Waals surface area contributed by atoms with Crippen LogP contribution in [0.4, 0.5) is 0 Å². The average molecular weight is 290 g/mol. The Morgan fingerprint density at radius 3 is 2.00 bits per heavy atom. The fourth-order valence-electron chi connectivity index (χ4n) is 3.68. The van der Waals surface area contributed by atoms with E-state index >= 15 is 0 Å². The Labute approximate surface area is 129 Å². The first-order chi connectivity index (χ1) is 9.56. The Hall–Kier alpha value is -0.900. The first kappa shape index (κ1) is 16.5. The molecule has 0 aliphatic carbocycles. The Balaban J connectivity index is 2.10. The number of benzene rings is 1. The zero-order valence-electron chi connectivity index (χ0n) is 14.4. The molecular formula is C18H30N2O. The molecule has 21 heavy (non-hydrogen) atoms. The molecular weight excluding hydrogens is 260 g/mol. The van der Waals surface area contributed by atoms with Crippen LogP contribution in [-0.4, -0.2) is 35.7 Å². The highest BCUT2D eigenvalue weighted by molar-refractivity contribution is 5.30. The summed E-state index contributed by atoms with van der Waals surface area (Å²) in [6, 6.07) is 6.65. The van der Waals surface area contributed by atoms with Gasteiger partial charge in [0.15, 0.2) is 0 Å². The highest BCUT2D eigenvalue weighted by Crippen LogP contribution is 2.29. The van der Waals surface area contributed by atoms with Crippen LogP contribution < -0.4 is 5.73 Å². The summed E-state index contributed by atoms with van der Waals surface area (Å²) in [5.74, 6) is 0. The number of ether oxygens (including phenoxy) is 1. The van der Waals surface area contributed by atoms with Crippen LogP contribution in [0.1, 0.15) is 50.4 Å². The molecule has 0 radical (unpaired) electrons. The van der Waals surface area contributed by atoms with Crippen molar-refractivity contribution in [2.24, 2.45) is 5.73 Å². The zero-order chi connectivity index (χ0) is 15.8. The quantitative estimate of drug-likeness (QED) is 0.929. The maximum Gasteiger partial charge on any atom is 0.0760 e. The summed E-state index contributed by atoms with van der Waals surface area (Å²) in [6.45, 7) is 15.6. The van der Waals surface area contributed by atoms with Crippen LogP contribution >= 0.6 is 0 Å².